The lowest BCUT2D eigenvalue weighted by Crippen LogP contribution is -2.17. The van der Waals surface area contributed by atoms with Gasteiger partial charge in [0.25, 0.3) is 0 Å². The SMILES string of the molecule is CCCCc1noc(CN(C)Cc2nc3ccccc3s2)n1. The van der Waals surface area contributed by atoms with Gasteiger partial charge in [0.15, 0.2) is 5.82 Å². The average Bonchev–Trinajstić information content (AvgIpc) is 3.10. The molecule has 0 atom stereocenters. The lowest BCUT2D eigenvalue weighted by atomic mass is 10.2. The number of nitrogens with zero attached hydrogens (tertiary/aromatic N) is 4. The van der Waals surface area contributed by atoms with Crippen molar-refractivity contribution in [1.29, 1.82) is 0 Å². The van der Waals surface area contributed by atoms with Crippen LogP contribution in [0.15, 0.2) is 28.8 Å². The summed E-state index contributed by atoms with van der Waals surface area (Å²) < 4.78 is 6.54. The molecule has 116 valence electrons. The van der Waals surface area contributed by atoms with E-state index in [1.807, 2.05) is 25.2 Å². The molecule has 0 amide bonds. The van der Waals surface area contributed by atoms with E-state index in [0.29, 0.717) is 12.4 Å². The molecular weight excluding hydrogens is 296 g/mol. The van der Waals surface area contributed by atoms with Crippen molar-refractivity contribution in [3.63, 3.8) is 0 Å². The van der Waals surface area contributed by atoms with E-state index in [1.165, 1.54) is 4.70 Å². The van der Waals surface area contributed by atoms with Crippen LogP contribution in [0.25, 0.3) is 10.2 Å². The molecule has 0 aliphatic heterocycles. The minimum atomic E-state index is 0.648. The van der Waals surface area contributed by atoms with Crippen molar-refractivity contribution in [3.05, 3.63) is 41.0 Å². The van der Waals surface area contributed by atoms with E-state index in [0.717, 1.165) is 42.2 Å². The highest BCUT2D eigenvalue weighted by Crippen LogP contribution is 2.22. The van der Waals surface area contributed by atoms with Crippen molar-refractivity contribution < 1.29 is 4.52 Å². The Bertz CT molecular complexity index is 703. The molecule has 0 bridgehead atoms. The summed E-state index contributed by atoms with van der Waals surface area (Å²) in [6, 6.07) is 8.22. The van der Waals surface area contributed by atoms with Crippen LogP contribution in [-0.4, -0.2) is 27.1 Å². The van der Waals surface area contributed by atoms with Crippen molar-refractivity contribution in [1.82, 2.24) is 20.0 Å². The predicted octanol–water partition coefficient (Wildman–Crippen LogP) is 3.65. The van der Waals surface area contributed by atoms with Crippen LogP contribution in [0.4, 0.5) is 0 Å². The summed E-state index contributed by atoms with van der Waals surface area (Å²) in [5.74, 6) is 1.49. The molecule has 0 aliphatic carbocycles. The average molecular weight is 316 g/mol. The second-order valence-electron chi connectivity index (χ2n) is 5.46. The molecule has 1 aromatic carbocycles. The molecule has 0 saturated carbocycles. The Labute approximate surface area is 134 Å². The van der Waals surface area contributed by atoms with Gasteiger partial charge in [-0.2, -0.15) is 4.98 Å². The summed E-state index contributed by atoms with van der Waals surface area (Å²) in [5, 5.41) is 5.13. The van der Waals surface area contributed by atoms with E-state index in [1.54, 1.807) is 11.3 Å². The molecule has 2 heterocycles. The van der Waals surface area contributed by atoms with Crippen LogP contribution in [0.2, 0.25) is 0 Å². The first kappa shape index (κ1) is 15.1. The Morgan fingerprint density at radius 3 is 2.86 bits per heavy atom. The number of unbranched alkanes of at least 4 members (excludes halogenated alkanes) is 1. The van der Waals surface area contributed by atoms with E-state index < -0.39 is 0 Å². The van der Waals surface area contributed by atoms with Crippen LogP contribution in [0.1, 0.15) is 36.5 Å². The zero-order valence-corrected chi connectivity index (χ0v) is 13.8. The quantitative estimate of drug-likeness (QED) is 0.666. The highest BCUT2D eigenvalue weighted by Gasteiger charge is 2.11. The van der Waals surface area contributed by atoms with Crippen molar-refractivity contribution in [2.45, 2.75) is 39.3 Å². The second kappa shape index (κ2) is 6.98. The van der Waals surface area contributed by atoms with Gasteiger partial charge in [0.05, 0.1) is 23.3 Å². The first-order valence-corrected chi connectivity index (χ1v) is 8.40. The third kappa shape index (κ3) is 3.69. The number of thiazole rings is 1. The topological polar surface area (TPSA) is 55.1 Å². The number of benzene rings is 1. The number of rotatable bonds is 7. The Balaban J connectivity index is 1.59. The van der Waals surface area contributed by atoms with Gasteiger partial charge in [-0.1, -0.05) is 30.6 Å². The van der Waals surface area contributed by atoms with E-state index in [2.05, 4.69) is 33.0 Å². The van der Waals surface area contributed by atoms with Crippen LogP contribution < -0.4 is 0 Å². The van der Waals surface area contributed by atoms with Crippen molar-refractivity contribution >= 4 is 21.6 Å². The van der Waals surface area contributed by atoms with Crippen LogP contribution >= 0.6 is 11.3 Å². The monoisotopic (exact) mass is 316 g/mol. The molecule has 22 heavy (non-hydrogen) atoms. The Morgan fingerprint density at radius 1 is 1.18 bits per heavy atom. The van der Waals surface area contributed by atoms with E-state index >= 15 is 0 Å². The smallest absolute Gasteiger partial charge is 0.240 e. The zero-order valence-electron chi connectivity index (χ0n) is 13.0. The van der Waals surface area contributed by atoms with Gasteiger partial charge in [-0.3, -0.25) is 4.90 Å². The molecule has 5 nitrogen and oxygen atoms in total. The highest BCUT2D eigenvalue weighted by atomic mass is 32.1. The number of fused-ring (bicyclic) bond motifs is 1. The molecule has 0 unspecified atom stereocenters. The van der Waals surface area contributed by atoms with Crippen molar-refractivity contribution in [3.8, 4) is 0 Å². The first-order chi connectivity index (χ1) is 10.7. The first-order valence-electron chi connectivity index (χ1n) is 7.59. The largest absolute Gasteiger partial charge is 0.338 e. The minimum absolute atomic E-state index is 0.648. The van der Waals surface area contributed by atoms with Crippen LogP contribution in [-0.2, 0) is 19.5 Å². The fourth-order valence-corrected chi connectivity index (χ4v) is 3.34. The fourth-order valence-electron chi connectivity index (χ4n) is 2.30. The highest BCUT2D eigenvalue weighted by molar-refractivity contribution is 7.18. The molecule has 2 aromatic heterocycles. The van der Waals surface area contributed by atoms with Gasteiger partial charge >= 0.3 is 0 Å². The maximum atomic E-state index is 5.31. The normalized spacial score (nSPS) is 11.6. The van der Waals surface area contributed by atoms with Crippen LogP contribution in [0.5, 0.6) is 0 Å². The van der Waals surface area contributed by atoms with Crippen molar-refractivity contribution in [2.24, 2.45) is 0 Å². The van der Waals surface area contributed by atoms with Crippen LogP contribution in [0, 0.1) is 0 Å². The van der Waals surface area contributed by atoms with Gasteiger partial charge in [0.2, 0.25) is 5.89 Å². The summed E-state index contributed by atoms with van der Waals surface area (Å²) in [4.78, 5) is 11.2. The van der Waals surface area contributed by atoms with Gasteiger partial charge in [0, 0.05) is 6.42 Å². The summed E-state index contributed by atoms with van der Waals surface area (Å²) in [6.07, 6.45) is 3.13. The molecule has 3 rings (SSSR count). The summed E-state index contributed by atoms with van der Waals surface area (Å²) >= 11 is 1.73. The summed E-state index contributed by atoms with van der Waals surface area (Å²) in [5.41, 5.74) is 1.07. The molecule has 3 aromatic rings. The van der Waals surface area contributed by atoms with Gasteiger partial charge in [-0.15, -0.1) is 11.3 Å². The number of hydrogen-bond acceptors (Lipinski definition) is 6. The van der Waals surface area contributed by atoms with Gasteiger partial charge in [-0.25, -0.2) is 4.98 Å². The minimum Gasteiger partial charge on any atom is -0.338 e. The van der Waals surface area contributed by atoms with E-state index in [4.69, 9.17) is 4.52 Å². The Hall–Kier alpha value is -1.79. The Morgan fingerprint density at radius 2 is 2.05 bits per heavy atom. The molecule has 0 spiro atoms. The maximum absolute atomic E-state index is 5.31. The molecule has 0 aliphatic rings. The summed E-state index contributed by atoms with van der Waals surface area (Å²) in [7, 11) is 2.04. The fraction of sp³-hybridized carbons (Fsp3) is 0.438. The maximum Gasteiger partial charge on any atom is 0.240 e. The number of aryl methyl sites for hydroxylation is 1. The predicted molar refractivity (Wildman–Crippen MR) is 87.7 cm³/mol. The standard InChI is InChI=1S/C16H20N4OS/c1-3-4-9-14-18-15(21-19-14)10-20(2)11-16-17-12-7-5-6-8-13(12)22-16/h5-8H,3-4,9-11H2,1-2H3. The zero-order chi connectivity index (χ0) is 15.4. The molecule has 0 N–H and O–H groups in total. The molecule has 0 radical (unpaired) electrons. The van der Waals surface area contributed by atoms with Crippen molar-refractivity contribution in [2.75, 3.05) is 7.05 Å². The second-order valence-corrected chi connectivity index (χ2v) is 6.57. The Kier molecular flexibility index (Phi) is 4.80. The van der Waals surface area contributed by atoms with Crippen LogP contribution in [0.3, 0.4) is 0 Å². The number of hydrogen-bond donors (Lipinski definition) is 0. The molecular formula is C16H20N4OS. The van der Waals surface area contributed by atoms with Gasteiger partial charge < -0.3 is 4.52 Å². The third-order valence-corrected chi connectivity index (χ3v) is 4.43. The lowest BCUT2D eigenvalue weighted by molar-refractivity contribution is 0.260. The molecule has 6 heteroatoms. The number of aromatic nitrogens is 3. The van der Waals surface area contributed by atoms with E-state index in [-0.39, 0.29) is 0 Å². The van der Waals surface area contributed by atoms with E-state index in [9.17, 15) is 0 Å². The molecule has 0 saturated heterocycles. The lowest BCUT2D eigenvalue weighted by Gasteiger charge is -2.11. The van der Waals surface area contributed by atoms with Gasteiger partial charge in [0.1, 0.15) is 5.01 Å². The number of para-hydroxylation sites is 1. The molecule has 0 fully saturated rings. The summed E-state index contributed by atoms with van der Waals surface area (Å²) in [6.45, 7) is 3.59. The van der Waals surface area contributed by atoms with Gasteiger partial charge in [-0.05, 0) is 25.6 Å². The third-order valence-electron chi connectivity index (χ3n) is 3.41.